The third-order valence-electron chi connectivity index (χ3n) is 7.33. The van der Waals surface area contributed by atoms with E-state index in [1.807, 2.05) is 24.0 Å². The van der Waals surface area contributed by atoms with Gasteiger partial charge < -0.3 is 20.5 Å². The minimum atomic E-state index is -0.809. The molecule has 1 saturated heterocycles. The SMILES string of the molecule is CC(NC(=O)C(CC(=O)N1CCCC[C@@H]1C)NCCC1C=CC=CC1=O)c1ncc(-c2ccc(F)cc2F)[nH]1. The van der Waals surface area contributed by atoms with Crippen molar-refractivity contribution < 1.29 is 23.2 Å². The summed E-state index contributed by atoms with van der Waals surface area (Å²) in [5.74, 6) is -1.73. The number of allylic oxidation sites excluding steroid dienone is 4. The molecule has 1 aromatic heterocycles. The predicted molar refractivity (Wildman–Crippen MR) is 143 cm³/mol. The Morgan fingerprint density at radius 3 is 2.79 bits per heavy atom. The Morgan fingerprint density at radius 2 is 2.05 bits per heavy atom. The summed E-state index contributed by atoms with van der Waals surface area (Å²) in [5, 5.41) is 6.08. The maximum Gasteiger partial charge on any atom is 0.238 e. The summed E-state index contributed by atoms with van der Waals surface area (Å²) >= 11 is 0. The minimum absolute atomic E-state index is 0.0124. The number of nitrogens with one attached hydrogen (secondary N) is 3. The van der Waals surface area contributed by atoms with E-state index in [0.717, 1.165) is 31.4 Å². The predicted octanol–water partition coefficient (Wildman–Crippen LogP) is 3.98. The van der Waals surface area contributed by atoms with Gasteiger partial charge in [-0.05, 0) is 64.3 Å². The van der Waals surface area contributed by atoms with E-state index in [1.54, 1.807) is 13.0 Å². The number of hydrogen-bond donors (Lipinski definition) is 3. The van der Waals surface area contributed by atoms with Crippen LogP contribution in [0.4, 0.5) is 8.78 Å². The molecule has 8 nitrogen and oxygen atoms in total. The van der Waals surface area contributed by atoms with E-state index in [2.05, 4.69) is 20.6 Å². The number of H-pyrrole nitrogens is 1. The van der Waals surface area contributed by atoms with E-state index in [1.165, 1.54) is 18.3 Å². The molecule has 4 atom stereocenters. The third kappa shape index (κ3) is 7.26. The molecule has 10 heteroatoms. The molecule has 0 spiro atoms. The van der Waals surface area contributed by atoms with Gasteiger partial charge in [0.2, 0.25) is 11.8 Å². The molecule has 0 bridgehead atoms. The van der Waals surface area contributed by atoms with Crippen molar-refractivity contribution in [3.63, 3.8) is 0 Å². The average molecular weight is 540 g/mol. The number of piperidine rings is 1. The van der Waals surface area contributed by atoms with Gasteiger partial charge in [0, 0.05) is 30.1 Å². The van der Waals surface area contributed by atoms with Gasteiger partial charge in [0.05, 0.1) is 30.4 Å². The summed E-state index contributed by atoms with van der Waals surface area (Å²) in [5.41, 5.74) is 0.516. The van der Waals surface area contributed by atoms with Crippen molar-refractivity contribution >= 4 is 17.6 Å². The van der Waals surface area contributed by atoms with Gasteiger partial charge in [-0.2, -0.15) is 0 Å². The first-order chi connectivity index (χ1) is 18.7. The number of aromatic amines is 1. The Bertz CT molecular complexity index is 1260. The van der Waals surface area contributed by atoms with Crippen LogP contribution in [0.3, 0.4) is 0 Å². The molecule has 208 valence electrons. The van der Waals surface area contributed by atoms with Crippen LogP contribution in [0.5, 0.6) is 0 Å². The molecule has 4 rings (SSSR count). The number of benzene rings is 1. The monoisotopic (exact) mass is 539 g/mol. The topological polar surface area (TPSA) is 107 Å². The summed E-state index contributed by atoms with van der Waals surface area (Å²) in [6.45, 7) is 4.80. The fourth-order valence-corrected chi connectivity index (χ4v) is 5.02. The van der Waals surface area contributed by atoms with Gasteiger partial charge in [-0.25, -0.2) is 13.8 Å². The summed E-state index contributed by atoms with van der Waals surface area (Å²) in [4.78, 5) is 47.7. The first-order valence-corrected chi connectivity index (χ1v) is 13.4. The van der Waals surface area contributed by atoms with Crippen molar-refractivity contribution in [2.24, 2.45) is 5.92 Å². The highest BCUT2D eigenvalue weighted by Gasteiger charge is 2.30. The second kappa shape index (κ2) is 12.9. The number of halogens is 2. The van der Waals surface area contributed by atoms with Gasteiger partial charge in [0.15, 0.2) is 5.78 Å². The van der Waals surface area contributed by atoms with E-state index in [-0.39, 0.29) is 41.5 Å². The van der Waals surface area contributed by atoms with Crippen LogP contribution >= 0.6 is 0 Å². The molecule has 3 unspecified atom stereocenters. The first-order valence-electron chi connectivity index (χ1n) is 13.4. The molecule has 2 heterocycles. The van der Waals surface area contributed by atoms with Crippen LogP contribution in [0.2, 0.25) is 0 Å². The van der Waals surface area contributed by atoms with Gasteiger partial charge in [-0.3, -0.25) is 14.4 Å². The number of imidazole rings is 1. The quantitative estimate of drug-likeness (QED) is 0.424. The van der Waals surface area contributed by atoms with Crippen LogP contribution < -0.4 is 10.6 Å². The summed E-state index contributed by atoms with van der Waals surface area (Å²) in [6, 6.07) is 2.02. The van der Waals surface area contributed by atoms with Gasteiger partial charge in [0.1, 0.15) is 17.5 Å². The molecule has 2 aromatic rings. The van der Waals surface area contributed by atoms with Gasteiger partial charge in [-0.1, -0.05) is 18.2 Å². The van der Waals surface area contributed by atoms with Crippen molar-refractivity contribution in [1.82, 2.24) is 25.5 Å². The zero-order valence-electron chi connectivity index (χ0n) is 22.3. The highest BCUT2D eigenvalue weighted by atomic mass is 19.1. The Kier molecular flexibility index (Phi) is 9.40. The van der Waals surface area contributed by atoms with E-state index in [0.29, 0.717) is 31.0 Å². The molecule has 1 aliphatic heterocycles. The van der Waals surface area contributed by atoms with Gasteiger partial charge >= 0.3 is 0 Å². The molecule has 39 heavy (non-hydrogen) atoms. The lowest BCUT2D eigenvalue weighted by molar-refractivity contribution is -0.137. The maximum atomic E-state index is 14.2. The molecule has 2 aliphatic rings. The smallest absolute Gasteiger partial charge is 0.238 e. The lowest BCUT2D eigenvalue weighted by Gasteiger charge is -2.34. The van der Waals surface area contributed by atoms with Crippen molar-refractivity contribution in [3.05, 3.63) is 66.2 Å². The summed E-state index contributed by atoms with van der Waals surface area (Å²) < 4.78 is 27.5. The molecular weight excluding hydrogens is 504 g/mol. The van der Waals surface area contributed by atoms with E-state index in [9.17, 15) is 23.2 Å². The van der Waals surface area contributed by atoms with E-state index >= 15 is 0 Å². The number of rotatable bonds is 10. The number of carbonyl (C=O) groups excluding carboxylic acids is 3. The largest absolute Gasteiger partial charge is 0.345 e. The van der Waals surface area contributed by atoms with Crippen LogP contribution in [-0.2, 0) is 14.4 Å². The number of carbonyl (C=O) groups is 3. The number of likely N-dealkylation sites (tertiary alicyclic amines) is 1. The lowest BCUT2D eigenvalue weighted by atomic mass is 9.96. The molecule has 0 radical (unpaired) electrons. The average Bonchev–Trinajstić information content (AvgIpc) is 3.39. The van der Waals surface area contributed by atoms with E-state index < -0.39 is 23.7 Å². The molecular formula is C29H35F2N5O3. The zero-order valence-corrected chi connectivity index (χ0v) is 22.3. The van der Waals surface area contributed by atoms with Crippen molar-refractivity contribution in [2.75, 3.05) is 13.1 Å². The van der Waals surface area contributed by atoms with E-state index in [4.69, 9.17) is 0 Å². The standard InChI is InChI=1S/C29H35F2N5O3/c1-18-7-5-6-14-36(18)27(38)16-24(32-13-12-20-8-3-4-9-26(20)37)29(39)34-19(2)28-33-17-25(35-28)22-11-10-21(30)15-23(22)31/h3-4,8-11,15,17-20,24,32H,5-7,12-14,16H2,1-2H3,(H,33,35)(H,34,39)/t18-,19?,20?,24?/m0/s1. The normalized spacial score (nSPS) is 20.6. The molecule has 0 saturated carbocycles. The molecule has 1 aliphatic carbocycles. The second-order valence-electron chi connectivity index (χ2n) is 10.2. The Labute approximate surface area is 227 Å². The first kappa shape index (κ1) is 28.4. The van der Waals surface area contributed by atoms with Crippen LogP contribution in [0.1, 0.15) is 57.8 Å². The fraction of sp³-hybridized carbons (Fsp3) is 0.448. The van der Waals surface area contributed by atoms with Crippen LogP contribution in [0, 0.1) is 17.6 Å². The number of aromatic nitrogens is 2. The Balaban J connectivity index is 1.42. The van der Waals surface area contributed by atoms with Gasteiger partial charge in [0.25, 0.3) is 0 Å². The lowest BCUT2D eigenvalue weighted by Crippen LogP contribution is -2.50. The second-order valence-corrected chi connectivity index (χ2v) is 10.2. The van der Waals surface area contributed by atoms with Crippen LogP contribution in [0.25, 0.3) is 11.3 Å². The highest BCUT2D eigenvalue weighted by molar-refractivity contribution is 5.94. The van der Waals surface area contributed by atoms with Crippen molar-refractivity contribution in [2.45, 2.75) is 64.1 Å². The Hall–Kier alpha value is -3.66. The summed E-state index contributed by atoms with van der Waals surface area (Å²) in [7, 11) is 0. The number of hydrogen-bond acceptors (Lipinski definition) is 5. The third-order valence-corrected chi connectivity index (χ3v) is 7.33. The number of ketones is 1. The number of nitrogens with zero attached hydrogens (tertiary/aromatic N) is 2. The van der Waals surface area contributed by atoms with Crippen LogP contribution in [0.15, 0.2) is 48.7 Å². The fourth-order valence-electron chi connectivity index (χ4n) is 5.02. The summed E-state index contributed by atoms with van der Waals surface area (Å²) in [6.07, 6.45) is 11.8. The molecule has 1 aromatic carbocycles. The van der Waals surface area contributed by atoms with Crippen LogP contribution in [-0.4, -0.2) is 57.6 Å². The maximum absolute atomic E-state index is 14.2. The van der Waals surface area contributed by atoms with Gasteiger partial charge in [-0.15, -0.1) is 0 Å². The van der Waals surface area contributed by atoms with Crippen molar-refractivity contribution in [1.29, 1.82) is 0 Å². The molecule has 1 fully saturated rings. The molecule has 3 N–H and O–H groups in total. The minimum Gasteiger partial charge on any atom is -0.345 e. The molecule has 2 amide bonds. The zero-order chi connectivity index (χ0) is 27.9. The number of amides is 2. The van der Waals surface area contributed by atoms with Crippen molar-refractivity contribution in [3.8, 4) is 11.3 Å². The highest BCUT2D eigenvalue weighted by Crippen LogP contribution is 2.23. The Morgan fingerprint density at radius 1 is 1.23 bits per heavy atom.